The first kappa shape index (κ1) is 13.2. The van der Waals surface area contributed by atoms with Gasteiger partial charge in [0.15, 0.2) is 0 Å². The van der Waals surface area contributed by atoms with Crippen LogP contribution in [-0.2, 0) is 0 Å². The van der Waals surface area contributed by atoms with E-state index in [-0.39, 0.29) is 6.04 Å². The molecule has 0 saturated heterocycles. The van der Waals surface area contributed by atoms with Crippen LogP contribution in [0.1, 0.15) is 30.0 Å². The van der Waals surface area contributed by atoms with Crippen molar-refractivity contribution < 1.29 is 4.42 Å². The predicted octanol–water partition coefficient (Wildman–Crippen LogP) is 4.18. The molecule has 1 unspecified atom stereocenters. The largest absolute Gasteiger partial charge is 0.464 e. The predicted molar refractivity (Wildman–Crippen MR) is 81.9 cm³/mol. The maximum absolute atomic E-state index is 9.31. The van der Waals surface area contributed by atoms with Crippen LogP contribution < -0.4 is 5.32 Å². The minimum absolute atomic E-state index is 0.0309. The summed E-state index contributed by atoms with van der Waals surface area (Å²) in [6, 6.07) is 13.8. The summed E-state index contributed by atoms with van der Waals surface area (Å²) >= 11 is 0. The maximum Gasteiger partial charge on any atom is 0.126 e. The Morgan fingerprint density at radius 1 is 1.24 bits per heavy atom. The van der Waals surface area contributed by atoms with Crippen molar-refractivity contribution in [2.45, 2.75) is 19.9 Å². The molecule has 2 aromatic heterocycles. The molecule has 1 atom stereocenters. The lowest BCUT2D eigenvalue weighted by atomic mass is 10.1. The van der Waals surface area contributed by atoms with E-state index in [0.29, 0.717) is 5.56 Å². The second-order valence-corrected chi connectivity index (χ2v) is 4.99. The highest BCUT2D eigenvalue weighted by Crippen LogP contribution is 2.29. The average Bonchev–Trinajstić information content (AvgIpc) is 2.94. The third kappa shape index (κ3) is 2.46. The number of para-hydroxylation sites is 1. The minimum Gasteiger partial charge on any atom is -0.464 e. The lowest BCUT2D eigenvalue weighted by Gasteiger charge is -2.16. The molecular weight excluding hydrogens is 262 g/mol. The van der Waals surface area contributed by atoms with E-state index in [4.69, 9.17) is 4.42 Å². The Balaban J connectivity index is 2.05. The third-order valence-electron chi connectivity index (χ3n) is 3.44. The van der Waals surface area contributed by atoms with Gasteiger partial charge in [-0.3, -0.25) is 4.98 Å². The number of nitrogens with one attached hydrogen (secondary N) is 1. The first-order valence-corrected chi connectivity index (χ1v) is 6.80. The SMILES string of the molecule is Cc1ccc(C(C)Nc2c(C#N)cnc3ccccc23)o1. The molecule has 3 aromatic rings. The first-order chi connectivity index (χ1) is 10.2. The second-order valence-electron chi connectivity index (χ2n) is 4.99. The van der Waals surface area contributed by atoms with Gasteiger partial charge in [-0.2, -0.15) is 5.26 Å². The van der Waals surface area contributed by atoms with Gasteiger partial charge in [-0.15, -0.1) is 0 Å². The normalized spacial score (nSPS) is 12.0. The van der Waals surface area contributed by atoms with E-state index < -0.39 is 0 Å². The lowest BCUT2D eigenvalue weighted by molar-refractivity contribution is 0.467. The monoisotopic (exact) mass is 277 g/mol. The molecule has 0 saturated carbocycles. The molecule has 104 valence electrons. The summed E-state index contributed by atoms with van der Waals surface area (Å²) in [6.07, 6.45) is 1.60. The van der Waals surface area contributed by atoms with Crippen molar-refractivity contribution in [2.75, 3.05) is 5.32 Å². The molecule has 0 amide bonds. The molecule has 2 heterocycles. The van der Waals surface area contributed by atoms with Gasteiger partial charge in [-0.25, -0.2) is 0 Å². The second kappa shape index (κ2) is 5.29. The van der Waals surface area contributed by atoms with E-state index in [0.717, 1.165) is 28.1 Å². The highest BCUT2D eigenvalue weighted by molar-refractivity contribution is 5.93. The summed E-state index contributed by atoms with van der Waals surface area (Å²) in [6.45, 7) is 3.92. The van der Waals surface area contributed by atoms with Crippen LogP contribution in [0.3, 0.4) is 0 Å². The summed E-state index contributed by atoms with van der Waals surface area (Å²) in [5, 5.41) is 13.6. The van der Waals surface area contributed by atoms with Crippen molar-refractivity contribution in [2.24, 2.45) is 0 Å². The van der Waals surface area contributed by atoms with Crippen molar-refractivity contribution in [1.29, 1.82) is 5.26 Å². The van der Waals surface area contributed by atoms with Crippen LogP contribution in [0.4, 0.5) is 5.69 Å². The number of fused-ring (bicyclic) bond motifs is 1. The van der Waals surface area contributed by atoms with Crippen molar-refractivity contribution in [3.8, 4) is 6.07 Å². The number of rotatable bonds is 3. The van der Waals surface area contributed by atoms with Crippen LogP contribution in [0.5, 0.6) is 0 Å². The number of hydrogen-bond donors (Lipinski definition) is 1. The van der Waals surface area contributed by atoms with Crippen LogP contribution >= 0.6 is 0 Å². The summed E-state index contributed by atoms with van der Waals surface area (Å²) in [7, 11) is 0. The van der Waals surface area contributed by atoms with E-state index in [9.17, 15) is 5.26 Å². The number of furan rings is 1. The number of aromatic nitrogens is 1. The zero-order chi connectivity index (χ0) is 14.8. The van der Waals surface area contributed by atoms with E-state index in [1.165, 1.54) is 0 Å². The molecule has 0 fully saturated rings. The number of hydrogen-bond acceptors (Lipinski definition) is 4. The third-order valence-corrected chi connectivity index (χ3v) is 3.44. The molecule has 1 aromatic carbocycles. The Kier molecular flexibility index (Phi) is 3.33. The molecule has 0 aliphatic heterocycles. The molecular formula is C17H15N3O. The average molecular weight is 277 g/mol. The van der Waals surface area contributed by atoms with Gasteiger partial charge in [0.05, 0.1) is 22.8 Å². The summed E-state index contributed by atoms with van der Waals surface area (Å²) in [5.74, 6) is 1.72. The number of nitriles is 1. The Morgan fingerprint density at radius 3 is 2.76 bits per heavy atom. The molecule has 1 N–H and O–H groups in total. The van der Waals surface area contributed by atoms with Gasteiger partial charge in [-0.05, 0) is 32.0 Å². The van der Waals surface area contributed by atoms with Gasteiger partial charge in [0.2, 0.25) is 0 Å². The number of pyridine rings is 1. The molecule has 4 heteroatoms. The Morgan fingerprint density at radius 2 is 2.05 bits per heavy atom. The highest BCUT2D eigenvalue weighted by atomic mass is 16.3. The standard InChI is InChI=1S/C17H15N3O/c1-11-7-8-16(21-11)12(2)20-17-13(9-18)10-19-15-6-4-3-5-14(15)17/h3-8,10,12H,1-2H3,(H,19,20). The maximum atomic E-state index is 9.31. The number of aryl methyl sites for hydroxylation is 1. The van der Waals surface area contributed by atoms with Crippen LogP contribution in [0.25, 0.3) is 10.9 Å². The molecule has 0 spiro atoms. The Bertz CT molecular complexity index is 829. The molecule has 3 rings (SSSR count). The molecule has 0 radical (unpaired) electrons. The fraction of sp³-hybridized carbons (Fsp3) is 0.176. The number of nitrogens with zero attached hydrogens (tertiary/aromatic N) is 2. The van der Waals surface area contributed by atoms with Gasteiger partial charge in [0.25, 0.3) is 0 Å². The highest BCUT2D eigenvalue weighted by Gasteiger charge is 2.14. The lowest BCUT2D eigenvalue weighted by Crippen LogP contribution is -2.08. The van der Waals surface area contributed by atoms with E-state index >= 15 is 0 Å². The van der Waals surface area contributed by atoms with Gasteiger partial charge in [0, 0.05) is 11.6 Å². The van der Waals surface area contributed by atoms with Crippen molar-refractivity contribution >= 4 is 16.6 Å². The topological polar surface area (TPSA) is 61.9 Å². The van der Waals surface area contributed by atoms with Crippen LogP contribution in [0.15, 0.2) is 47.0 Å². The van der Waals surface area contributed by atoms with Crippen molar-refractivity contribution in [3.63, 3.8) is 0 Å². The van der Waals surface area contributed by atoms with Gasteiger partial charge in [-0.1, -0.05) is 18.2 Å². The summed E-state index contributed by atoms with van der Waals surface area (Å²) in [5.41, 5.74) is 2.19. The van der Waals surface area contributed by atoms with E-state index in [1.807, 2.05) is 50.2 Å². The number of anilines is 1. The fourth-order valence-electron chi connectivity index (χ4n) is 2.36. The zero-order valence-electron chi connectivity index (χ0n) is 11.9. The van der Waals surface area contributed by atoms with Crippen molar-refractivity contribution in [1.82, 2.24) is 4.98 Å². The smallest absolute Gasteiger partial charge is 0.126 e. The van der Waals surface area contributed by atoms with Crippen LogP contribution in [0.2, 0.25) is 0 Å². The number of benzene rings is 1. The fourth-order valence-corrected chi connectivity index (χ4v) is 2.36. The minimum atomic E-state index is -0.0309. The Hall–Kier alpha value is -2.80. The zero-order valence-corrected chi connectivity index (χ0v) is 11.9. The van der Waals surface area contributed by atoms with Crippen LogP contribution in [0, 0.1) is 18.3 Å². The first-order valence-electron chi connectivity index (χ1n) is 6.80. The van der Waals surface area contributed by atoms with Gasteiger partial charge >= 0.3 is 0 Å². The Labute approximate surface area is 123 Å². The van der Waals surface area contributed by atoms with Gasteiger partial charge in [0.1, 0.15) is 17.6 Å². The van der Waals surface area contributed by atoms with Crippen LogP contribution in [-0.4, -0.2) is 4.98 Å². The molecule has 0 bridgehead atoms. The molecule has 21 heavy (non-hydrogen) atoms. The quantitative estimate of drug-likeness (QED) is 0.780. The van der Waals surface area contributed by atoms with E-state index in [1.54, 1.807) is 6.20 Å². The molecule has 0 aliphatic rings. The summed E-state index contributed by atoms with van der Waals surface area (Å²) < 4.78 is 5.64. The molecule has 0 aliphatic carbocycles. The van der Waals surface area contributed by atoms with Crippen molar-refractivity contribution in [3.05, 3.63) is 59.7 Å². The van der Waals surface area contributed by atoms with Gasteiger partial charge < -0.3 is 9.73 Å². The summed E-state index contributed by atoms with van der Waals surface area (Å²) in [4.78, 5) is 4.31. The molecule has 4 nitrogen and oxygen atoms in total. The van der Waals surface area contributed by atoms with E-state index in [2.05, 4.69) is 16.4 Å².